The van der Waals surface area contributed by atoms with Crippen molar-refractivity contribution in [1.29, 1.82) is 0 Å². The average Bonchev–Trinajstić information content (AvgIpc) is 2.64. The summed E-state index contributed by atoms with van der Waals surface area (Å²) < 4.78 is 6.32. The van der Waals surface area contributed by atoms with Gasteiger partial charge in [0.1, 0.15) is 0 Å². The second-order valence-electron chi connectivity index (χ2n) is 9.35. The first-order valence-electron chi connectivity index (χ1n) is 11.0. The van der Waals surface area contributed by atoms with Crippen molar-refractivity contribution in [3.8, 4) is 0 Å². The van der Waals surface area contributed by atoms with Crippen molar-refractivity contribution >= 4 is 0 Å². The zero-order chi connectivity index (χ0) is 21.8. The molecule has 2 aliphatic carbocycles. The number of aliphatic hydroxyl groups excluding tert-OH is 3. The van der Waals surface area contributed by atoms with Crippen LogP contribution in [0.4, 0.5) is 0 Å². The average molecular weight is 405 g/mol. The van der Waals surface area contributed by atoms with Crippen LogP contribution in [0.15, 0.2) is 48.1 Å². The first-order valence-corrected chi connectivity index (χ1v) is 11.0. The minimum atomic E-state index is -0.681. The molecule has 0 aromatic heterocycles. The van der Waals surface area contributed by atoms with E-state index in [-0.39, 0.29) is 29.6 Å². The molecule has 4 nitrogen and oxygen atoms in total. The molecule has 0 saturated heterocycles. The van der Waals surface area contributed by atoms with Crippen molar-refractivity contribution in [3.63, 3.8) is 0 Å². The molecule has 2 rings (SSSR count). The molecule has 2 aliphatic rings. The summed E-state index contributed by atoms with van der Waals surface area (Å²) in [6.45, 7) is 14.3. The Balaban J connectivity index is 2.00. The quantitative estimate of drug-likeness (QED) is 0.416. The number of fused-ring (bicyclic) bond motifs is 1. The van der Waals surface area contributed by atoms with Crippen molar-refractivity contribution in [2.75, 3.05) is 0 Å². The Kier molecular flexibility index (Phi) is 8.48. The van der Waals surface area contributed by atoms with Crippen molar-refractivity contribution in [3.05, 3.63) is 48.1 Å². The molecule has 3 N–H and O–H groups in total. The number of hydrogen-bond acceptors (Lipinski definition) is 4. The summed E-state index contributed by atoms with van der Waals surface area (Å²) in [5.74, 6) is 0.380. The number of allylic oxidation sites excluding steroid dienone is 3. The maximum Gasteiger partial charge on any atom is 0.0983 e. The minimum Gasteiger partial charge on any atom is -0.393 e. The van der Waals surface area contributed by atoms with E-state index in [4.69, 9.17) is 4.74 Å². The van der Waals surface area contributed by atoms with Crippen LogP contribution in [0.2, 0.25) is 0 Å². The van der Waals surface area contributed by atoms with Gasteiger partial charge in [0, 0.05) is 5.92 Å². The molecule has 0 aliphatic heterocycles. The fourth-order valence-electron chi connectivity index (χ4n) is 4.72. The van der Waals surface area contributed by atoms with Gasteiger partial charge >= 0.3 is 0 Å². The molecule has 8 atom stereocenters. The molecule has 1 saturated carbocycles. The van der Waals surface area contributed by atoms with Crippen LogP contribution in [0.3, 0.4) is 0 Å². The largest absolute Gasteiger partial charge is 0.393 e. The molecule has 0 bridgehead atoms. The number of ether oxygens (including phenoxy) is 1. The molecule has 0 aromatic carbocycles. The molecule has 0 radical (unpaired) electrons. The summed E-state index contributed by atoms with van der Waals surface area (Å²) >= 11 is 0. The number of rotatable bonds is 8. The van der Waals surface area contributed by atoms with Gasteiger partial charge in [0.05, 0.1) is 30.5 Å². The van der Waals surface area contributed by atoms with E-state index in [1.54, 1.807) is 19.1 Å². The maximum atomic E-state index is 10.5. The number of hydrogen-bond donors (Lipinski definition) is 3. The zero-order valence-corrected chi connectivity index (χ0v) is 18.7. The smallest absolute Gasteiger partial charge is 0.0983 e. The lowest BCUT2D eigenvalue weighted by atomic mass is 9.56. The molecular formula is C25H40O4. The minimum absolute atomic E-state index is 0.0179. The topological polar surface area (TPSA) is 69.9 Å². The molecule has 29 heavy (non-hydrogen) atoms. The molecule has 0 aromatic rings. The molecule has 4 heteroatoms. The van der Waals surface area contributed by atoms with E-state index in [0.717, 1.165) is 24.8 Å². The van der Waals surface area contributed by atoms with Crippen LogP contribution in [-0.2, 0) is 4.74 Å². The Labute approximate surface area is 176 Å². The SMILES string of the molecule is C=C(C)C1CC2(C)C(=CC1O)CCC(OC(C)C(O)/C=C/C=C/CC(C)O)C2C. The van der Waals surface area contributed by atoms with Crippen LogP contribution in [0, 0.1) is 17.3 Å². The van der Waals surface area contributed by atoms with Crippen LogP contribution in [-0.4, -0.2) is 45.8 Å². The highest BCUT2D eigenvalue weighted by Crippen LogP contribution is 2.53. The predicted molar refractivity (Wildman–Crippen MR) is 118 cm³/mol. The van der Waals surface area contributed by atoms with Gasteiger partial charge in [0.15, 0.2) is 0 Å². The fraction of sp³-hybridized carbons (Fsp3) is 0.680. The van der Waals surface area contributed by atoms with E-state index in [9.17, 15) is 15.3 Å². The zero-order valence-electron chi connectivity index (χ0n) is 18.7. The first kappa shape index (κ1) is 24.1. The van der Waals surface area contributed by atoms with Gasteiger partial charge in [-0.2, -0.15) is 0 Å². The second kappa shape index (κ2) is 10.2. The third-order valence-corrected chi connectivity index (χ3v) is 6.96. The van der Waals surface area contributed by atoms with Gasteiger partial charge in [-0.15, -0.1) is 0 Å². The standard InChI is InChI=1S/C25H40O4/c1-16(2)21-15-25(6)18(4)24(13-12-20(25)14-23(21)28)29-19(5)22(27)11-9-7-8-10-17(3)26/h7-9,11,14,17-19,21-24,26-28H,1,10,12-13,15H2,2-6H3/b8-7+,11-9+. The van der Waals surface area contributed by atoms with E-state index >= 15 is 0 Å². The van der Waals surface area contributed by atoms with E-state index in [2.05, 4.69) is 26.5 Å². The highest BCUT2D eigenvalue weighted by atomic mass is 16.5. The Morgan fingerprint density at radius 3 is 2.66 bits per heavy atom. The van der Waals surface area contributed by atoms with Crippen LogP contribution in [0.1, 0.15) is 60.3 Å². The number of aliphatic hydroxyl groups is 3. The summed E-state index contributed by atoms with van der Waals surface area (Å²) in [5.41, 5.74) is 2.35. The summed E-state index contributed by atoms with van der Waals surface area (Å²) in [6.07, 6.45) is 10.9. The highest BCUT2D eigenvalue weighted by Gasteiger charge is 2.48. The Morgan fingerprint density at radius 2 is 2.03 bits per heavy atom. The second-order valence-corrected chi connectivity index (χ2v) is 9.35. The third kappa shape index (κ3) is 5.91. The molecular weight excluding hydrogens is 364 g/mol. The first-order chi connectivity index (χ1) is 13.6. The van der Waals surface area contributed by atoms with Crippen molar-refractivity contribution in [2.45, 2.75) is 90.8 Å². The normalized spacial score (nSPS) is 35.9. The van der Waals surface area contributed by atoms with Gasteiger partial charge in [0.2, 0.25) is 0 Å². The molecule has 0 amide bonds. The van der Waals surface area contributed by atoms with Crippen LogP contribution < -0.4 is 0 Å². The van der Waals surface area contributed by atoms with Gasteiger partial charge in [-0.25, -0.2) is 0 Å². The van der Waals surface area contributed by atoms with Crippen molar-refractivity contribution in [1.82, 2.24) is 0 Å². The third-order valence-electron chi connectivity index (χ3n) is 6.96. The predicted octanol–water partition coefficient (Wildman–Crippen LogP) is 4.32. The van der Waals surface area contributed by atoms with E-state index in [1.807, 2.05) is 26.0 Å². The van der Waals surface area contributed by atoms with Gasteiger partial charge in [-0.3, -0.25) is 0 Å². The summed E-state index contributed by atoms with van der Waals surface area (Å²) in [4.78, 5) is 0. The monoisotopic (exact) mass is 404 g/mol. The maximum absolute atomic E-state index is 10.5. The summed E-state index contributed by atoms with van der Waals surface area (Å²) in [7, 11) is 0. The Bertz CT molecular complexity index is 647. The van der Waals surface area contributed by atoms with Crippen LogP contribution >= 0.6 is 0 Å². The molecule has 1 fully saturated rings. The van der Waals surface area contributed by atoms with E-state index < -0.39 is 12.2 Å². The summed E-state index contributed by atoms with van der Waals surface area (Å²) in [5, 5.41) is 30.2. The van der Waals surface area contributed by atoms with Crippen LogP contribution in [0.5, 0.6) is 0 Å². The van der Waals surface area contributed by atoms with Gasteiger partial charge in [-0.05, 0) is 57.8 Å². The fourth-order valence-corrected chi connectivity index (χ4v) is 4.72. The Hall–Kier alpha value is -1.20. The molecule has 8 unspecified atom stereocenters. The van der Waals surface area contributed by atoms with E-state index in [0.29, 0.717) is 12.3 Å². The van der Waals surface area contributed by atoms with Gasteiger partial charge < -0.3 is 20.1 Å². The lowest BCUT2D eigenvalue weighted by Crippen LogP contribution is -2.48. The lowest BCUT2D eigenvalue weighted by Gasteiger charge is -2.51. The van der Waals surface area contributed by atoms with Crippen molar-refractivity contribution < 1.29 is 20.1 Å². The van der Waals surface area contributed by atoms with Gasteiger partial charge in [0.25, 0.3) is 0 Å². The molecule has 0 heterocycles. The summed E-state index contributed by atoms with van der Waals surface area (Å²) in [6, 6.07) is 0. The van der Waals surface area contributed by atoms with Crippen LogP contribution in [0.25, 0.3) is 0 Å². The van der Waals surface area contributed by atoms with E-state index in [1.165, 1.54) is 5.57 Å². The van der Waals surface area contributed by atoms with Crippen molar-refractivity contribution in [2.24, 2.45) is 17.3 Å². The molecule has 0 spiro atoms. The molecule has 164 valence electrons. The Morgan fingerprint density at radius 1 is 1.34 bits per heavy atom. The van der Waals surface area contributed by atoms with Gasteiger partial charge in [-0.1, -0.05) is 62.0 Å². The lowest BCUT2D eigenvalue weighted by molar-refractivity contribution is -0.107. The highest BCUT2D eigenvalue weighted by molar-refractivity contribution is 5.27.